The molecule has 156 valence electrons. The van der Waals surface area contributed by atoms with Crippen LogP contribution in [0.5, 0.6) is 0 Å². The molecule has 7 nitrogen and oxygen atoms in total. The average molecular weight is 406 g/mol. The van der Waals surface area contributed by atoms with Gasteiger partial charge in [0.2, 0.25) is 11.8 Å². The highest BCUT2D eigenvalue weighted by molar-refractivity contribution is 6.05. The third kappa shape index (κ3) is 4.21. The maximum atomic E-state index is 13.2. The molecular formula is C23H26N4O3. The lowest BCUT2D eigenvalue weighted by Gasteiger charge is -2.36. The number of hydrogen-bond acceptors (Lipinski definition) is 4. The second kappa shape index (κ2) is 8.67. The second-order valence-electron chi connectivity index (χ2n) is 7.82. The molecule has 30 heavy (non-hydrogen) atoms. The summed E-state index contributed by atoms with van der Waals surface area (Å²) in [6.45, 7) is 4.63. The quantitative estimate of drug-likeness (QED) is 0.848. The lowest BCUT2D eigenvalue weighted by Crippen LogP contribution is -2.52. The monoisotopic (exact) mass is 406 g/mol. The maximum Gasteiger partial charge on any atom is 0.253 e. The van der Waals surface area contributed by atoms with Crippen molar-refractivity contribution in [2.45, 2.75) is 19.4 Å². The Morgan fingerprint density at radius 1 is 0.967 bits per heavy atom. The number of anilines is 2. The van der Waals surface area contributed by atoms with Gasteiger partial charge < -0.3 is 15.1 Å². The molecular weight excluding hydrogens is 380 g/mol. The fourth-order valence-electron chi connectivity index (χ4n) is 4.11. The second-order valence-corrected chi connectivity index (χ2v) is 7.82. The van der Waals surface area contributed by atoms with Gasteiger partial charge in [0.15, 0.2) is 0 Å². The van der Waals surface area contributed by atoms with Crippen LogP contribution in [0.15, 0.2) is 54.6 Å². The molecule has 2 aromatic rings. The van der Waals surface area contributed by atoms with Crippen LogP contribution >= 0.6 is 0 Å². The molecule has 3 amide bonds. The molecule has 1 fully saturated rings. The van der Waals surface area contributed by atoms with E-state index in [0.717, 1.165) is 5.69 Å². The van der Waals surface area contributed by atoms with E-state index >= 15 is 0 Å². The van der Waals surface area contributed by atoms with Crippen LogP contribution in [0, 0.1) is 0 Å². The van der Waals surface area contributed by atoms with Crippen LogP contribution in [0.2, 0.25) is 0 Å². The van der Waals surface area contributed by atoms with Crippen molar-refractivity contribution < 1.29 is 14.4 Å². The standard InChI is InChI=1S/C23H26N4O3/c1-17-15-21(28)24-19-9-5-6-10-20(19)27(17)22(29)16-25-11-13-26(14-12-25)23(30)18-7-3-2-4-8-18/h2-10,17H,11-16H2,1H3,(H,24,28). The molecule has 0 saturated carbocycles. The third-order valence-electron chi connectivity index (χ3n) is 5.67. The van der Waals surface area contributed by atoms with Crippen molar-refractivity contribution in [3.63, 3.8) is 0 Å². The van der Waals surface area contributed by atoms with E-state index in [2.05, 4.69) is 10.2 Å². The number of nitrogens with zero attached hydrogens (tertiary/aromatic N) is 3. The normalized spacial score (nSPS) is 19.6. The predicted octanol–water partition coefficient (Wildman–Crippen LogP) is 2.21. The van der Waals surface area contributed by atoms with Gasteiger partial charge in [-0.25, -0.2) is 0 Å². The number of fused-ring (bicyclic) bond motifs is 1. The maximum absolute atomic E-state index is 13.2. The highest BCUT2D eigenvalue weighted by atomic mass is 16.2. The van der Waals surface area contributed by atoms with Crippen LogP contribution in [-0.4, -0.2) is 66.3 Å². The lowest BCUT2D eigenvalue weighted by molar-refractivity contribution is -0.120. The van der Waals surface area contributed by atoms with E-state index in [1.54, 1.807) is 4.90 Å². The minimum Gasteiger partial charge on any atom is -0.336 e. The molecule has 2 aliphatic rings. The topological polar surface area (TPSA) is 73.0 Å². The molecule has 2 aromatic carbocycles. The number of hydrogen-bond donors (Lipinski definition) is 1. The van der Waals surface area contributed by atoms with E-state index in [4.69, 9.17) is 0 Å². The summed E-state index contributed by atoms with van der Waals surface area (Å²) in [7, 11) is 0. The van der Waals surface area contributed by atoms with Crippen LogP contribution in [-0.2, 0) is 9.59 Å². The van der Waals surface area contributed by atoms with Gasteiger partial charge in [-0.05, 0) is 31.2 Å². The van der Waals surface area contributed by atoms with Crippen LogP contribution in [0.4, 0.5) is 11.4 Å². The van der Waals surface area contributed by atoms with E-state index in [1.807, 2.05) is 66.4 Å². The molecule has 1 unspecified atom stereocenters. The smallest absolute Gasteiger partial charge is 0.253 e. The van der Waals surface area contributed by atoms with Crippen molar-refractivity contribution in [1.29, 1.82) is 0 Å². The summed E-state index contributed by atoms with van der Waals surface area (Å²) in [5.74, 6) is -0.0891. The third-order valence-corrected chi connectivity index (χ3v) is 5.67. The fraction of sp³-hybridized carbons (Fsp3) is 0.348. The fourth-order valence-corrected chi connectivity index (χ4v) is 4.11. The Bertz CT molecular complexity index is 938. The van der Waals surface area contributed by atoms with Crippen molar-refractivity contribution in [2.75, 3.05) is 42.9 Å². The Balaban J connectivity index is 1.40. The molecule has 1 saturated heterocycles. The summed E-state index contributed by atoms with van der Waals surface area (Å²) in [4.78, 5) is 43.6. The van der Waals surface area contributed by atoms with Crippen molar-refractivity contribution >= 4 is 29.1 Å². The summed E-state index contributed by atoms with van der Waals surface area (Å²) in [6.07, 6.45) is 0.264. The van der Waals surface area contributed by atoms with Crippen LogP contribution in [0.1, 0.15) is 23.7 Å². The molecule has 0 radical (unpaired) electrons. The highest BCUT2D eigenvalue weighted by Crippen LogP contribution is 2.31. The van der Waals surface area contributed by atoms with Gasteiger partial charge in [-0.15, -0.1) is 0 Å². The van der Waals surface area contributed by atoms with Gasteiger partial charge in [0.25, 0.3) is 5.91 Å². The molecule has 0 aromatic heterocycles. The van der Waals surface area contributed by atoms with E-state index in [-0.39, 0.29) is 36.7 Å². The summed E-state index contributed by atoms with van der Waals surface area (Å²) in [6, 6.07) is 16.5. The SMILES string of the molecule is CC1CC(=O)Nc2ccccc2N1C(=O)CN1CCN(C(=O)c2ccccc2)CC1. The Morgan fingerprint density at radius 2 is 1.63 bits per heavy atom. The van der Waals surface area contributed by atoms with Crippen LogP contribution in [0.3, 0.4) is 0 Å². The van der Waals surface area contributed by atoms with E-state index < -0.39 is 0 Å². The molecule has 7 heteroatoms. The molecule has 4 rings (SSSR count). The first-order valence-corrected chi connectivity index (χ1v) is 10.3. The zero-order valence-electron chi connectivity index (χ0n) is 17.1. The molecule has 1 N–H and O–H groups in total. The number of benzene rings is 2. The van der Waals surface area contributed by atoms with Gasteiger partial charge in [0, 0.05) is 44.2 Å². The number of nitrogens with one attached hydrogen (secondary N) is 1. The van der Waals surface area contributed by atoms with Gasteiger partial charge in [-0.3, -0.25) is 19.3 Å². The zero-order chi connectivity index (χ0) is 21.1. The van der Waals surface area contributed by atoms with Crippen molar-refractivity contribution in [1.82, 2.24) is 9.80 Å². The lowest BCUT2D eigenvalue weighted by atomic mass is 10.1. The Morgan fingerprint density at radius 3 is 2.37 bits per heavy atom. The Kier molecular flexibility index (Phi) is 5.81. The predicted molar refractivity (Wildman–Crippen MR) is 115 cm³/mol. The van der Waals surface area contributed by atoms with Crippen LogP contribution in [0.25, 0.3) is 0 Å². The summed E-state index contributed by atoms with van der Waals surface area (Å²) >= 11 is 0. The number of carbonyl (C=O) groups is 3. The minimum atomic E-state index is -0.220. The Labute approximate surface area is 176 Å². The average Bonchev–Trinajstić information content (AvgIpc) is 2.88. The van der Waals surface area contributed by atoms with Gasteiger partial charge in [-0.2, -0.15) is 0 Å². The van der Waals surface area contributed by atoms with Gasteiger partial charge >= 0.3 is 0 Å². The molecule has 0 bridgehead atoms. The van der Waals surface area contributed by atoms with Crippen molar-refractivity contribution in [3.8, 4) is 0 Å². The Hall–Kier alpha value is -3.19. The number of rotatable bonds is 3. The largest absolute Gasteiger partial charge is 0.336 e. The van der Waals surface area contributed by atoms with E-state index in [9.17, 15) is 14.4 Å². The number of piperazine rings is 1. The molecule has 0 spiro atoms. The van der Waals surface area contributed by atoms with Gasteiger partial charge in [0.1, 0.15) is 0 Å². The molecule has 2 heterocycles. The van der Waals surface area contributed by atoms with E-state index in [1.165, 1.54) is 0 Å². The highest BCUT2D eigenvalue weighted by Gasteiger charge is 2.31. The van der Waals surface area contributed by atoms with Gasteiger partial charge in [-0.1, -0.05) is 30.3 Å². The minimum absolute atomic E-state index is 0.0289. The summed E-state index contributed by atoms with van der Waals surface area (Å²) in [5, 5.41) is 2.88. The summed E-state index contributed by atoms with van der Waals surface area (Å²) in [5.41, 5.74) is 2.09. The molecule has 1 atom stereocenters. The molecule has 0 aliphatic carbocycles. The van der Waals surface area contributed by atoms with Crippen molar-refractivity contribution in [2.24, 2.45) is 0 Å². The van der Waals surface area contributed by atoms with Crippen molar-refractivity contribution in [3.05, 3.63) is 60.2 Å². The van der Waals surface area contributed by atoms with Crippen LogP contribution < -0.4 is 10.2 Å². The first kappa shape index (κ1) is 20.1. The number of amides is 3. The van der Waals surface area contributed by atoms with E-state index in [0.29, 0.717) is 37.4 Å². The zero-order valence-corrected chi connectivity index (χ0v) is 17.1. The van der Waals surface area contributed by atoms with Gasteiger partial charge in [0.05, 0.1) is 17.9 Å². The summed E-state index contributed by atoms with van der Waals surface area (Å²) < 4.78 is 0. The number of carbonyl (C=O) groups excluding carboxylic acids is 3. The number of para-hydroxylation sites is 2. The first-order valence-electron chi connectivity index (χ1n) is 10.3. The first-order chi connectivity index (χ1) is 14.5. The molecule has 2 aliphatic heterocycles.